The van der Waals surface area contributed by atoms with Gasteiger partial charge in [0.25, 0.3) is 0 Å². The van der Waals surface area contributed by atoms with E-state index in [4.69, 9.17) is 7.15 Å². The minimum atomic E-state index is 0. The molecule has 6 heavy (non-hydrogen) atoms. The summed E-state index contributed by atoms with van der Waals surface area (Å²) in [6.07, 6.45) is 0. The van der Waals surface area contributed by atoms with E-state index in [1.165, 1.54) is 0 Å². The first-order valence-corrected chi connectivity index (χ1v) is 1.26. The summed E-state index contributed by atoms with van der Waals surface area (Å²) < 4.78 is 5.85. The van der Waals surface area contributed by atoms with Crippen molar-refractivity contribution in [2.45, 2.75) is 0 Å². The summed E-state index contributed by atoms with van der Waals surface area (Å²) in [5, 5.41) is 0. The molecule has 0 atom stereocenters. The van der Waals surface area contributed by atoms with Crippen LogP contribution in [0.2, 0.25) is 1.41 Å². The Morgan fingerprint density at radius 2 is 1.83 bits per heavy atom. The molecule has 39 valence electrons. The van der Waals surface area contributed by atoms with Gasteiger partial charge in [-0.05, 0) is 0 Å². The van der Waals surface area contributed by atoms with E-state index in [1.807, 2.05) is 0 Å². The van der Waals surface area contributed by atoms with Gasteiger partial charge in [-0.1, -0.05) is 0 Å². The van der Waals surface area contributed by atoms with Crippen LogP contribution in [0, 0.1) is 54.4 Å². The summed E-state index contributed by atoms with van der Waals surface area (Å²) in [5.74, 6) is 0. The van der Waals surface area contributed by atoms with Crippen LogP contribution in [0.5, 0.6) is 0 Å². The molecule has 4 N–H and O–H groups in total. The molecule has 0 unspecified atom stereocenters. The second-order valence-electron chi connectivity index (χ2n) is 0.289. The Balaban J connectivity index is -0.0000000400. The minimum absolute atomic E-state index is 0. The fourth-order valence-electron chi connectivity index (χ4n) is 0. The summed E-state index contributed by atoms with van der Waals surface area (Å²) >= 11 is 0. The molecular formula is C3H10N2Pm-2. The fourth-order valence-corrected chi connectivity index (χ4v) is 0. The van der Waals surface area contributed by atoms with E-state index in [0.29, 0.717) is 6.54 Å². The maximum atomic E-state index is 5.85. The molecule has 0 rings (SSSR count). The molecule has 0 aromatic heterocycles. The molecule has 0 aliphatic rings. The van der Waals surface area contributed by atoms with Crippen molar-refractivity contribution in [3.8, 4) is 0 Å². The average molecular weight is 221 g/mol. The first-order chi connectivity index (χ1) is 2.83. The van der Waals surface area contributed by atoms with Gasteiger partial charge in [0.2, 0.25) is 0 Å². The van der Waals surface area contributed by atoms with Gasteiger partial charge < -0.3 is 18.4 Å². The summed E-state index contributed by atoms with van der Waals surface area (Å²) in [6, 6.07) is 0. The normalized spacial score (nSPS) is 6.17. The van der Waals surface area contributed by atoms with Crippen molar-refractivity contribution in [1.29, 1.82) is 0 Å². The molecule has 0 fully saturated rings. The molecular weight excluding hydrogens is 209 g/mol. The Morgan fingerprint density at radius 1 is 1.83 bits per heavy atom. The van der Waals surface area contributed by atoms with Crippen LogP contribution in [0.15, 0.2) is 0 Å². The molecule has 0 aromatic rings. The second-order valence-corrected chi connectivity index (χ2v) is 0.289. The zero-order chi connectivity index (χ0) is 5.41. The molecule has 0 saturated carbocycles. The first-order valence-electron chi connectivity index (χ1n) is 1.76. The predicted molar refractivity (Wildman–Crippen MR) is 24.0 cm³/mol. The number of hydrogen-bond acceptors (Lipinski definition) is 2. The van der Waals surface area contributed by atoms with E-state index in [1.54, 1.807) is 5.73 Å². The van der Waals surface area contributed by atoms with Crippen LogP contribution in [0.25, 0.3) is 0 Å². The largest absolute Gasteiger partial charge is 0.486 e. The predicted octanol–water partition coefficient (Wildman–Crippen LogP) is -0.484. The van der Waals surface area contributed by atoms with Crippen LogP contribution in [0.4, 0.5) is 0 Å². The first kappa shape index (κ1) is 10.3. The Hall–Kier alpha value is 1.26. The van der Waals surface area contributed by atoms with Crippen LogP contribution in [-0.2, 0) is 0 Å². The molecule has 0 aromatic carbocycles. The quantitative estimate of drug-likeness (QED) is 0.542. The van der Waals surface area contributed by atoms with E-state index in [2.05, 4.69) is 14.0 Å². The van der Waals surface area contributed by atoms with Gasteiger partial charge in [-0.25, -0.2) is 0 Å². The van der Waals surface area contributed by atoms with Crippen molar-refractivity contribution >= 4 is 0 Å². The van der Waals surface area contributed by atoms with Crippen molar-refractivity contribution in [2.75, 3.05) is 6.54 Å². The van der Waals surface area contributed by atoms with Gasteiger partial charge in [-0.3, -0.25) is 7.05 Å². The summed E-state index contributed by atoms with van der Waals surface area (Å²) in [6.45, 7) is 3.76. The smallest absolute Gasteiger partial charge is 0.0819 e. The molecule has 0 aliphatic heterocycles. The van der Waals surface area contributed by atoms with E-state index in [9.17, 15) is 0 Å². The third kappa shape index (κ3) is 60.3. The van der Waals surface area contributed by atoms with Gasteiger partial charge in [0.1, 0.15) is 0 Å². The Bertz CT molecular complexity index is 14.9. The van der Waals surface area contributed by atoms with E-state index < -0.39 is 0 Å². The van der Waals surface area contributed by atoms with Gasteiger partial charge in [0, 0.05) is 40.4 Å². The number of rotatable bonds is 0. The van der Waals surface area contributed by atoms with Crippen molar-refractivity contribution < 1.29 is 41.8 Å². The van der Waals surface area contributed by atoms with Crippen LogP contribution in [-0.4, -0.2) is 6.54 Å². The minimum Gasteiger partial charge on any atom is -0.486 e. The zero-order valence-electron chi connectivity index (χ0n) is 4.65. The average Bonchev–Trinajstić information content (AvgIpc) is 1.39. The molecule has 1 radical (unpaired) electrons. The van der Waals surface area contributed by atoms with Gasteiger partial charge in [0.05, 0.1) is 1.41 Å². The Labute approximate surface area is 73.2 Å². The maximum Gasteiger partial charge on any atom is 0.0819 e. The number of nitrogens with two attached hydrogens (primary N) is 2. The SMILES string of the molecule is [3H]N[CH2-].[CH2-]CN.[Pm]. The van der Waals surface area contributed by atoms with Crippen LogP contribution in [0.3, 0.4) is 0 Å². The summed E-state index contributed by atoms with van der Waals surface area (Å²) in [4.78, 5) is 0. The van der Waals surface area contributed by atoms with Gasteiger partial charge >= 0.3 is 0 Å². The third-order valence-electron chi connectivity index (χ3n) is 0. The zero-order valence-corrected chi connectivity index (χ0v) is 6.52. The molecule has 0 spiro atoms. The molecule has 3 heteroatoms. The second kappa shape index (κ2) is 33.9. The monoisotopic (exact) mass is 221 g/mol. The van der Waals surface area contributed by atoms with E-state index in [0.717, 1.165) is 0 Å². The third-order valence-corrected chi connectivity index (χ3v) is 0. The van der Waals surface area contributed by atoms with Crippen molar-refractivity contribution in [2.24, 2.45) is 11.5 Å². The molecule has 0 saturated heterocycles. The molecule has 0 amide bonds. The Morgan fingerprint density at radius 3 is 1.83 bits per heavy atom. The van der Waals surface area contributed by atoms with E-state index >= 15 is 0 Å². The topological polar surface area (TPSA) is 52.0 Å². The van der Waals surface area contributed by atoms with Crippen LogP contribution < -0.4 is 11.5 Å². The Kier molecular flexibility index (Phi) is 58.2. The van der Waals surface area contributed by atoms with Gasteiger partial charge in [-0.2, -0.15) is 0 Å². The number of hydrogen-bond donors (Lipinski definition) is 2. The molecule has 0 aliphatic carbocycles. The van der Waals surface area contributed by atoms with Crippen LogP contribution >= 0.6 is 0 Å². The summed E-state index contributed by atoms with van der Waals surface area (Å²) in [7, 11) is 2.90. The standard InChI is InChI=1S/C2H6N.CH4N.Pm/c1-2-3;1-2;/h1-3H2;1-2H2;/q2*-1;/i/hT. The summed E-state index contributed by atoms with van der Waals surface area (Å²) in [5.41, 5.74) is 6.49. The van der Waals surface area contributed by atoms with Crippen molar-refractivity contribution in [3.63, 3.8) is 0 Å². The molecule has 2 nitrogen and oxygen atoms in total. The molecule has 0 heterocycles. The van der Waals surface area contributed by atoms with Gasteiger partial charge in [-0.15, -0.1) is 6.54 Å². The van der Waals surface area contributed by atoms with E-state index in [-0.39, 0.29) is 40.4 Å². The van der Waals surface area contributed by atoms with Crippen LogP contribution in [0.1, 0.15) is 0 Å². The van der Waals surface area contributed by atoms with Crippen molar-refractivity contribution in [3.05, 3.63) is 14.0 Å². The maximum absolute atomic E-state index is 5.85. The van der Waals surface area contributed by atoms with Crippen molar-refractivity contribution in [1.82, 2.24) is 0 Å². The van der Waals surface area contributed by atoms with Gasteiger partial charge in [0.15, 0.2) is 0 Å². The molecule has 0 bridgehead atoms. The fraction of sp³-hybridized carbons (Fsp3) is 0.333.